The topological polar surface area (TPSA) is 58.7 Å². The van der Waals surface area contributed by atoms with E-state index in [4.69, 9.17) is 10.5 Å². The minimum Gasteiger partial charge on any atom is -0.395 e. The Morgan fingerprint density at radius 2 is 2.07 bits per heavy atom. The number of aliphatic hydroxyl groups excluding tert-OH is 1. The number of rotatable bonds is 7. The molecule has 0 radical (unpaired) electrons. The van der Waals surface area contributed by atoms with Crippen LogP contribution >= 0.6 is 0 Å². The van der Waals surface area contributed by atoms with Crippen LogP contribution in [0.25, 0.3) is 0 Å². The van der Waals surface area contributed by atoms with Crippen LogP contribution in [0.1, 0.15) is 20.3 Å². The number of aliphatic hydroxyl groups is 1. The molecule has 0 rings (SSSR count). The lowest BCUT2D eigenvalue weighted by Gasteiger charge is -2.34. The highest BCUT2D eigenvalue weighted by atomic mass is 16.5. The summed E-state index contributed by atoms with van der Waals surface area (Å²) >= 11 is 0. The predicted molar refractivity (Wildman–Crippen MR) is 58.2 cm³/mol. The lowest BCUT2D eigenvalue weighted by Crippen LogP contribution is -2.53. The van der Waals surface area contributed by atoms with Crippen LogP contribution in [0, 0.1) is 0 Å². The van der Waals surface area contributed by atoms with E-state index in [0.29, 0.717) is 12.6 Å². The molecule has 3 atom stereocenters. The van der Waals surface area contributed by atoms with Gasteiger partial charge in [0.1, 0.15) is 0 Å². The van der Waals surface area contributed by atoms with Crippen molar-refractivity contribution in [3.63, 3.8) is 0 Å². The SMILES string of the molecule is CCC(C)N(C)C(CO)C(N)COC. The molecule has 0 fully saturated rings. The van der Waals surface area contributed by atoms with E-state index >= 15 is 0 Å². The van der Waals surface area contributed by atoms with Crippen LogP contribution in [0.2, 0.25) is 0 Å². The maximum atomic E-state index is 9.26. The van der Waals surface area contributed by atoms with Gasteiger partial charge in [-0.25, -0.2) is 0 Å². The van der Waals surface area contributed by atoms with E-state index in [0.717, 1.165) is 6.42 Å². The van der Waals surface area contributed by atoms with Crippen molar-refractivity contribution in [3.05, 3.63) is 0 Å². The normalized spacial score (nSPS) is 18.2. The highest BCUT2D eigenvalue weighted by Gasteiger charge is 2.24. The first-order valence-corrected chi connectivity index (χ1v) is 5.15. The van der Waals surface area contributed by atoms with Crippen LogP contribution in [0.3, 0.4) is 0 Å². The molecule has 0 aromatic heterocycles. The third kappa shape index (κ3) is 3.92. The van der Waals surface area contributed by atoms with Gasteiger partial charge in [-0.2, -0.15) is 0 Å². The largest absolute Gasteiger partial charge is 0.395 e. The Bertz CT molecular complexity index is 144. The van der Waals surface area contributed by atoms with Crippen molar-refractivity contribution in [3.8, 4) is 0 Å². The Labute approximate surface area is 87.0 Å². The highest BCUT2D eigenvalue weighted by molar-refractivity contribution is 4.82. The summed E-state index contributed by atoms with van der Waals surface area (Å²) in [7, 11) is 3.61. The van der Waals surface area contributed by atoms with Gasteiger partial charge in [-0.05, 0) is 20.4 Å². The number of methoxy groups -OCH3 is 1. The Morgan fingerprint density at radius 3 is 2.43 bits per heavy atom. The fourth-order valence-electron chi connectivity index (χ4n) is 1.48. The summed E-state index contributed by atoms with van der Waals surface area (Å²) < 4.78 is 4.99. The third-order valence-electron chi connectivity index (χ3n) is 2.85. The fraction of sp³-hybridized carbons (Fsp3) is 1.00. The van der Waals surface area contributed by atoms with E-state index in [9.17, 15) is 5.11 Å². The molecule has 0 saturated carbocycles. The number of ether oxygens (including phenoxy) is 1. The molecule has 3 unspecified atom stereocenters. The second-order valence-electron chi connectivity index (χ2n) is 3.79. The first-order chi connectivity index (χ1) is 6.58. The maximum Gasteiger partial charge on any atom is 0.0629 e. The van der Waals surface area contributed by atoms with Gasteiger partial charge in [0.15, 0.2) is 0 Å². The van der Waals surface area contributed by atoms with Crippen LogP contribution in [-0.2, 0) is 4.74 Å². The molecule has 0 aromatic carbocycles. The number of hydrogen-bond donors (Lipinski definition) is 2. The molecular weight excluding hydrogens is 180 g/mol. The van der Waals surface area contributed by atoms with Gasteiger partial charge in [0.2, 0.25) is 0 Å². The quantitative estimate of drug-likeness (QED) is 0.615. The lowest BCUT2D eigenvalue weighted by atomic mass is 10.1. The van der Waals surface area contributed by atoms with Gasteiger partial charge in [0.25, 0.3) is 0 Å². The van der Waals surface area contributed by atoms with Crippen LogP contribution in [0.5, 0.6) is 0 Å². The van der Waals surface area contributed by atoms with E-state index in [-0.39, 0.29) is 18.7 Å². The summed E-state index contributed by atoms with van der Waals surface area (Å²) in [5.41, 5.74) is 5.91. The Balaban J connectivity index is 4.23. The third-order valence-corrected chi connectivity index (χ3v) is 2.85. The smallest absolute Gasteiger partial charge is 0.0629 e. The van der Waals surface area contributed by atoms with Gasteiger partial charge in [-0.3, -0.25) is 4.90 Å². The fourth-order valence-corrected chi connectivity index (χ4v) is 1.48. The van der Waals surface area contributed by atoms with E-state index in [1.165, 1.54) is 0 Å². The van der Waals surface area contributed by atoms with Crippen molar-refractivity contribution in [1.82, 2.24) is 4.90 Å². The molecule has 0 spiro atoms. The number of nitrogens with two attached hydrogens (primary N) is 1. The molecule has 0 aliphatic carbocycles. The molecule has 0 aliphatic rings. The van der Waals surface area contributed by atoms with Crippen LogP contribution in [0.4, 0.5) is 0 Å². The summed E-state index contributed by atoms with van der Waals surface area (Å²) in [6, 6.07) is 0.268. The second kappa shape index (κ2) is 7.17. The summed E-state index contributed by atoms with van der Waals surface area (Å²) in [5, 5.41) is 9.26. The summed E-state index contributed by atoms with van der Waals surface area (Å²) in [6.45, 7) is 4.80. The van der Waals surface area contributed by atoms with Gasteiger partial charge in [0.05, 0.1) is 19.3 Å². The first kappa shape index (κ1) is 13.8. The minimum atomic E-state index is -0.135. The maximum absolute atomic E-state index is 9.26. The molecule has 86 valence electrons. The minimum absolute atomic E-state index is 0.0232. The monoisotopic (exact) mass is 204 g/mol. The molecule has 0 bridgehead atoms. The predicted octanol–water partition coefficient (Wildman–Crippen LogP) is 0.0513. The van der Waals surface area contributed by atoms with Crippen LogP contribution < -0.4 is 5.73 Å². The van der Waals surface area contributed by atoms with Gasteiger partial charge >= 0.3 is 0 Å². The summed E-state index contributed by atoms with van der Waals surface area (Å²) in [6.07, 6.45) is 1.05. The van der Waals surface area contributed by atoms with Crippen molar-refractivity contribution in [2.75, 3.05) is 27.4 Å². The van der Waals surface area contributed by atoms with E-state index in [2.05, 4.69) is 18.7 Å². The summed E-state index contributed by atoms with van der Waals surface area (Å²) in [5.74, 6) is 0. The van der Waals surface area contributed by atoms with Gasteiger partial charge < -0.3 is 15.6 Å². The zero-order valence-electron chi connectivity index (χ0n) is 9.73. The van der Waals surface area contributed by atoms with E-state index in [1.54, 1.807) is 7.11 Å². The summed E-state index contributed by atoms with van der Waals surface area (Å²) in [4.78, 5) is 2.11. The molecular formula is C10H24N2O2. The molecule has 0 saturated heterocycles. The zero-order chi connectivity index (χ0) is 11.1. The van der Waals surface area contributed by atoms with Gasteiger partial charge in [0, 0.05) is 19.2 Å². The van der Waals surface area contributed by atoms with Crippen molar-refractivity contribution in [1.29, 1.82) is 0 Å². The molecule has 0 amide bonds. The Morgan fingerprint density at radius 1 is 1.50 bits per heavy atom. The molecule has 4 heteroatoms. The molecule has 3 N–H and O–H groups in total. The van der Waals surface area contributed by atoms with Crippen molar-refractivity contribution < 1.29 is 9.84 Å². The van der Waals surface area contributed by atoms with Crippen molar-refractivity contribution in [2.45, 2.75) is 38.4 Å². The highest BCUT2D eigenvalue weighted by Crippen LogP contribution is 2.08. The number of hydrogen-bond acceptors (Lipinski definition) is 4. The molecule has 0 heterocycles. The molecule has 0 aromatic rings. The average Bonchev–Trinajstić information content (AvgIpc) is 2.18. The van der Waals surface area contributed by atoms with Crippen LogP contribution in [-0.4, -0.2) is 55.5 Å². The van der Waals surface area contributed by atoms with E-state index < -0.39 is 0 Å². The molecule has 0 aliphatic heterocycles. The lowest BCUT2D eigenvalue weighted by molar-refractivity contribution is 0.0646. The number of likely N-dealkylation sites (N-methyl/N-ethyl adjacent to an activating group) is 1. The van der Waals surface area contributed by atoms with E-state index in [1.807, 2.05) is 7.05 Å². The first-order valence-electron chi connectivity index (χ1n) is 5.15. The van der Waals surface area contributed by atoms with Gasteiger partial charge in [-0.1, -0.05) is 6.92 Å². The standard InChI is InChI=1S/C10H24N2O2/c1-5-8(2)12(3)10(6-13)9(11)7-14-4/h8-10,13H,5-7,11H2,1-4H3. The van der Waals surface area contributed by atoms with Crippen molar-refractivity contribution >= 4 is 0 Å². The zero-order valence-corrected chi connectivity index (χ0v) is 9.73. The van der Waals surface area contributed by atoms with Crippen LogP contribution in [0.15, 0.2) is 0 Å². The molecule has 4 nitrogen and oxygen atoms in total. The number of nitrogens with zero attached hydrogens (tertiary/aromatic N) is 1. The van der Waals surface area contributed by atoms with Gasteiger partial charge in [-0.15, -0.1) is 0 Å². The Hall–Kier alpha value is -0.160. The average molecular weight is 204 g/mol. The Kier molecular flexibility index (Phi) is 7.09. The molecule has 14 heavy (non-hydrogen) atoms. The second-order valence-corrected chi connectivity index (χ2v) is 3.79. The van der Waals surface area contributed by atoms with Crippen molar-refractivity contribution in [2.24, 2.45) is 5.73 Å².